The van der Waals surface area contributed by atoms with E-state index in [1.165, 1.54) is 6.92 Å². The van der Waals surface area contributed by atoms with Gasteiger partial charge in [-0.05, 0) is 116 Å². The number of aliphatic carboxylic acids is 1. The average molecular weight is 516 g/mol. The van der Waals surface area contributed by atoms with Gasteiger partial charge in [-0.3, -0.25) is 4.79 Å². The summed E-state index contributed by atoms with van der Waals surface area (Å²) >= 11 is 0. The molecule has 0 saturated heterocycles. The Balaban J connectivity index is 1.82. The first-order valence-electron chi connectivity index (χ1n) is 14.3. The Hall–Kier alpha value is -1.66. The average Bonchev–Trinajstić information content (AvgIpc) is 3.05. The topological polar surface area (TPSA) is 107 Å². The van der Waals surface area contributed by atoms with Crippen molar-refractivity contribution in [2.75, 3.05) is 0 Å². The Kier molecular flexibility index (Phi) is 7.53. The lowest BCUT2D eigenvalue weighted by molar-refractivity contribution is -0.299. The lowest BCUT2D eigenvalue weighted by Crippen LogP contribution is -2.65. The third kappa shape index (κ3) is 4.40. The largest absolute Gasteiger partial charge is 0.545 e. The lowest BCUT2D eigenvalue weighted by atomic mass is 9.36. The van der Waals surface area contributed by atoms with Gasteiger partial charge in [-0.1, -0.05) is 39.3 Å². The molecule has 37 heavy (non-hydrogen) atoms. The van der Waals surface area contributed by atoms with Crippen LogP contribution in [0.2, 0.25) is 0 Å². The van der Waals surface area contributed by atoms with Gasteiger partial charge in [0.25, 0.3) is 0 Å². The third-order valence-electron chi connectivity index (χ3n) is 11.6. The van der Waals surface area contributed by atoms with Crippen LogP contribution in [-0.2, 0) is 14.3 Å². The SMILES string of the molecule is CC(=O)O[C@H]1C[C@@]2(C)[C@H](C[C@@H](O)C3[C@@]4(C)CC[C@@H](O)[C@@H](C)C4CC[C@@]32C)/C1=C(\CCC=C(C)C)C(=O)[O-]. The van der Waals surface area contributed by atoms with Gasteiger partial charge in [0.2, 0.25) is 0 Å². The Morgan fingerprint density at radius 1 is 1.05 bits per heavy atom. The van der Waals surface area contributed by atoms with Crippen LogP contribution in [0.3, 0.4) is 0 Å². The second-order valence-corrected chi connectivity index (χ2v) is 13.6. The summed E-state index contributed by atoms with van der Waals surface area (Å²) in [6.07, 6.45) is 5.92. The highest BCUT2D eigenvalue weighted by Gasteiger charge is 2.70. The molecule has 0 aromatic carbocycles. The normalized spacial score (nSPS) is 46.2. The van der Waals surface area contributed by atoms with Crippen LogP contribution in [0.5, 0.6) is 0 Å². The van der Waals surface area contributed by atoms with E-state index in [2.05, 4.69) is 27.7 Å². The molecule has 6 heteroatoms. The molecule has 0 amide bonds. The fourth-order valence-corrected chi connectivity index (χ4v) is 9.78. The first-order valence-corrected chi connectivity index (χ1v) is 14.3. The van der Waals surface area contributed by atoms with E-state index in [1.54, 1.807) is 0 Å². The number of hydrogen-bond acceptors (Lipinski definition) is 6. The lowest BCUT2D eigenvalue weighted by Gasteiger charge is -2.69. The zero-order chi connectivity index (χ0) is 27.5. The van der Waals surface area contributed by atoms with Crippen molar-refractivity contribution in [1.82, 2.24) is 0 Å². The van der Waals surface area contributed by atoms with Crippen molar-refractivity contribution in [2.45, 2.75) is 118 Å². The van der Waals surface area contributed by atoms with Crippen LogP contribution < -0.4 is 5.11 Å². The van der Waals surface area contributed by atoms with Crippen molar-refractivity contribution < 1.29 is 29.6 Å². The standard InChI is InChI=1S/C31H48O6/c1-17(2)9-8-10-20(28(35)36)26-22-15-24(34)27-29(5)13-12-23(33)18(3)21(29)11-14-30(27,6)31(22,7)16-25(26)37-19(4)32/h9,18,21-25,27,33-34H,8,10-16H2,1-7H3,(H,35,36)/p-1/b26-20-/t18-,21?,22+,23+,24+,25-,27?,29-,30-,31-/m0/s1. The summed E-state index contributed by atoms with van der Waals surface area (Å²) in [7, 11) is 0. The van der Waals surface area contributed by atoms with E-state index in [1.807, 2.05) is 19.9 Å². The van der Waals surface area contributed by atoms with E-state index in [0.29, 0.717) is 37.2 Å². The van der Waals surface area contributed by atoms with Crippen molar-refractivity contribution in [1.29, 1.82) is 0 Å². The van der Waals surface area contributed by atoms with Crippen LogP contribution in [0.15, 0.2) is 22.8 Å². The van der Waals surface area contributed by atoms with E-state index in [-0.39, 0.29) is 45.7 Å². The van der Waals surface area contributed by atoms with Gasteiger partial charge in [-0.2, -0.15) is 0 Å². The molecule has 2 N–H and O–H groups in total. The number of esters is 1. The van der Waals surface area contributed by atoms with E-state index in [9.17, 15) is 24.9 Å². The Morgan fingerprint density at radius 3 is 2.32 bits per heavy atom. The van der Waals surface area contributed by atoms with Crippen molar-refractivity contribution in [2.24, 2.45) is 39.9 Å². The zero-order valence-electron chi connectivity index (χ0n) is 23.8. The molecule has 4 aliphatic carbocycles. The number of aliphatic hydroxyl groups is 2. The quantitative estimate of drug-likeness (QED) is 0.321. The third-order valence-corrected chi connectivity index (χ3v) is 11.6. The second kappa shape index (κ2) is 9.82. The molecule has 0 bridgehead atoms. The number of carboxylic acid groups (broad SMARTS) is 1. The predicted octanol–water partition coefficient (Wildman–Crippen LogP) is 4.33. The number of ether oxygens (including phenoxy) is 1. The summed E-state index contributed by atoms with van der Waals surface area (Å²) in [5.74, 6) is -1.25. The maximum Gasteiger partial charge on any atom is 0.303 e. The molecule has 0 aromatic rings. The molecule has 2 unspecified atom stereocenters. The first-order chi connectivity index (χ1) is 17.2. The summed E-state index contributed by atoms with van der Waals surface area (Å²) in [4.78, 5) is 24.7. The first kappa shape index (κ1) is 28.4. The van der Waals surface area contributed by atoms with Crippen molar-refractivity contribution in [3.05, 3.63) is 22.8 Å². The monoisotopic (exact) mass is 515 g/mol. The molecule has 4 aliphatic rings. The number of carbonyl (C=O) groups excluding carboxylic acids is 2. The molecule has 0 heterocycles. The van der Waals surface area contributed by atoms with Gasteiger partial charge in [-0.15, -0.1) is 0 Å². The van der Waals surface area contributed by atoms with Crippen molar-refractivity contribution in [3.63, 3.8) is 0 Å². The van der Waals surface area contributed by atoms with Crippen LogP contribution in [0.25, 0.3) is 0 Å². The van der Waals surface area contributed by atoms with E-state index >= 15 is 0 Å². The number of hydrogen-bond donors (Lipinski definition) is 2. The molecule has 10 atom stereocenters. The summed E-state index contributed by atoms with van der Waals surface area (Å²) < 4.78 is 5.84. The molecule has 0 radical (unpaired) electrons. The highest BCUT2D eigenvalue weighted by Crippen LogP contribution is 2.74. The maximum atomic E-state index is 12.5. The summed E-state index contributed by atoms with van der Waals surface area (Å²) in [6, 6.07) is 0. The van der Waals surface area contributed by atoms with E-state index in [4.69, 9.17) is 4.74 Å². The number of fused-ring (bicyclic) bond motifs is 5. The van der Waals surface area contributed by atoms with Gasteiger partial charge >= 0.3 is 5.97 Å². The van der Waals surface area contributed by atoms with Crippen LogP contribution in [0.1, 0.15) is 99.8 Å². The summed E-state index contributed by atoms with van der Waals surface area (Å²) in [5.41, 5.74) is 1.31. The molecule has 4 saturated carbocycles. The Labute approximate surface area is 222 Å². The van der Waals surface area contributed by atoms with Crippen LogP contribution in [-0.4, -0.2) is 40.5 Å². The summed E-state index contributed by atoms with van der Waals surface area (Å²) in [5, 5.41) is 35.0. The molecular weight excluding hydrogens is 468 g/mol. The van der Waals surface area contributed by atoms with Gasteiger partial charge in [0.15, 0.2) is 0 Å². The number of rotatable bonds is 5. The molecule has 4 fully saturated rings. The smallest absolute Gasteiger partial charge is 0.303 e. The Bertz CT molecular complexity index is 994. The molecule has 6 nitrogen and oxygen atoms in total. The second-order valence-electron chi connectivity index (χ2n) is 13.6. The number of aliphatic hydroxyl groups excluding tert-OH is 2. The number of carboxylic acids is 1. The molecule has 0 aliphatic heterocycles. The van der Waals surface area contributed by atoms with Crippen molar-refractivity contribution >= 4 is 11.9 Å². The van der Waals surface area contributed by atoms with Gasteiger partial charge in [0.05, 0.1) is 18.2 Å². The number of carbonyl (C=O) groups is 2. The van der Waals surface area contributed by atoms with Crippen LogP contribution in [0.4, 0.5) is 0 Å². The Morgan fingerprint density at radius 2 is 1.73 bits per heavy atom. The van der Waals surface area contributed by atoms with Gasteiger partial charge in [0.1, 0.15) is 6.10 Å². The fourth-order valence-electron chi connectivity index (χ4n) is 9.78. The maximum absolute atomic E-state index is 12.5. The predicted molar refractivity (Wildman–Crippen MR) is 140 cm³/mol. The van der Waals surface area contributed by atoms with Gasteiger partial charge in [-0.25, -0.2) is 0 Å². The fraction of sp³-hybridized carbons (Fsp3) is 0.806. The van der Waals surface area contributed by atoms with E-state index in [0.717, 1.165) is 31.3 Å². The van der Waals surface area contributed by atoms with E-state index < -0.39 is 24.1 Å². The molecular formula is C31H47O6-. The zero-order valence-corrected chi connectivity index (χ0v) is 23.8. The van der Waals surface area contributed by atoms with Crippen molar-refractivity contribution in [3.8, 4) is 0 Å². The number of allylic oxidation sites excluding steroid dienone is 2. The van der Waals surface area contributed by atoms with Crippen LogP contribution >= 0.6 is 0 Å². The minimum absolute atomic E-state index is 0.0318. The molecule has 0 aromatic heterocycles. The minimum Gasteiger partial charge on any atom is -0.545 e. The van der Waals surface area contributed by atoms with Gasteiger partial charge < -0.3 is 24.9 Å². The molecule has 0 spiro atoms. The van der Waals surface area contributed by atoms with Crippen LogP contribution in [0, 0.1) is 39.9 Å². The highest BCUT2D eigenvalue weighted by molar-refractivity contribution is 5.86. The highest BCUT2D eigenvalue weighted by atomic mass is 16.5. The minimum atomic E-state index is -1.20. The summed E-state index contributed by atoms with van der Waals surface area (Å²) in [6.45, 7) is 14.4. The van der Waals surface area contributed by atoms with Gasteiger partial charge in [0, 0.05) is 6.92 Å². The molecule has 208 valence electrons. The molecule has 4 rings (SSSR count).